The second kappa shape index (κ2) is 10.7. The first-order chi connectivity index (χ1) is 26.9. The highest BCUT2D eigenvalue weighted by Crippen LogP contribution is 2.62. The average Bonchev–Trinajstić information content (AvgIpc) is 3.66. The summed E-state index contributed by atoms with van der Waals surface area (Å²) in [5.41, 5.74) is 14.9. The average molecular weight is 707 g/mol. The maximum Gasteiger partial charge on any atom is 0.295 e. The molecule has 2 aliphatic heterocycles. The van der Waals surface area contributed by atoms with Gasteiger partial charge in [0.2, 0.25) is 0 Å². The number of aliphatic imine (C=N–C) groups is 1. The molecule has 262 valence electrons. The molecule has 12 rings (SSSR count). The summed E-state index contributed by atoms with van der Waals surface area (Å²) in [4.78, 5) is 5.49. The number of allylic oxidation sites excluding steroid dienone is 1. The molecule has 4 atom stereocenters. The molecule has 0 radical (unpaired) electrons. The van der Waals surface area contributed by atoms with Gasteiger partial charge in [0, 0.05) is 28.7 Å². The largest absolute Gasteiger partial charge is 0.295 e. The van der Waals surface area contributed by atoms with Gasteiger partial charge in [-0.25, -0.2) is 4.57 Å². The zero-order chi connectivity index (χ0) is 36.8. The Balaban J connectivity index is 1.28. The Morgan fingerprint density at radius 3 is 2.22 bits per heavy atom. The predicted octanol–water partition coefficient (Wildman–Crippen LogP) is 11.4. The van der Waals surface area contributed by atoms with Crippen molar-refractivity contribution >= 4 is 38.3 Å². The number of hydrogen-bond acceptors (Lipinski definition) is 1. The summed E-state index contributed by atoms with van der Waals surface area (Å²) in [7, 11) is 0. The van der Waals surface area contributed by atoms with Crippen molar-refractivity contribution in [1.29, 1.82) is 0 Å². The highest BCUT2D eigenvalue weighted by molar-refractivity contribution is 6.10. The standard InChI is InChI=1S/C52H40N3/c1-5-41-49-48(38-23-12-11-22-37(38)44(6-2)53-49)52(41)30-34-26-43-40(36-21-13-14-24-42(36)51(43,3)4)29-39(34)50-54(45-25-15-19-31-16-9-10-20-35(31)45)46-27-32-17-7-8-18-33(32)28-47(46)55(50)52/h5-29,41,48-49H,1-2,30H2,3-4H3/q+1. The predicted molar refractivity (Wildman–Crippen MR) is 227 cm³/mol. The van der Waals surface area contributed by atoms with E-state index >= 15 is 0 Å². The van der Waals surface area contributed by atoms with E-state index in [0.29, 0.717) is 0 Å². The van der Waals surface area contributed by atoms with Crippen LogP contribution in [0.25, 0.3) is 60.8 Å². The Hall–Kier alpha value is -6.32. The molecule has 0 saturated heterocycles. The normalized spacial score (nSPS) is 22.2. The van der Waals surface area contributed by atoms with Crippen LogP contribution in [-0.4, -0.2) is 16.3 Å². The first-order valence-corrected chi connectivity index (χ1v) is 19.6. The van der Waals surface area contributed by atoms with E-state index in [4.69, 9.17) is 4.99 Å². The van der Waals surface area contributed by atoms with Gasteiger partial charge in [-0.3, -0.25) is 4.99 Å². The Morgan fingerprint density at radius 1 is 0.691 bits per heavy atom. The molecule has 8 aromatic rings. The van der Waals surface area contributed by atoms with Crippen molar-refractivity contribution in [1.82, 2.24) is 4.57 Å². The Morgan fingerprint density at radius 2 is 1.40 bits per heavy atom. The zero-order valence-electron chi connectivity index (χ0n) is 31.1. The van der Waals surface area contributed by atoms with Gasteiger partial charge in [-0.15, -0.1) is 6.58 Å². The number of benzene rings is 7. The number of hydrogen-bond donors (Lipinski definition) is 0. The van der Waals surface area contributed by atoms with Crippen molar-refractivity contribution in [3.05, 3.63) is 193 Å². The second-order valence-electron chi connectivity index (χ2n) is 16.6. The van der Waals surface area contributed by atoms with Crippen LogP contribution in [0, 0.1) is 5.92 Å². The number of aromatic nitrogens is 2. The van der Waals surface area contributed by atoms with E-state index in [2.05, 4.69) is 182 Å². The van der Waals surface area contributed by atoms with Gasteiger partial charge < -0.3 is 0 Å². The summed E-state index contributed by atoms with van der Waals surface area (Å²) < 4.78 is 5.37. The molecule has 3 nitrogen and oxygen atoms in total. The van der Waals surface area contributed by atoms with Crippen LogP contribution in [0.3, 0.4) is 0 Å². The molecular formula is C52H40N3+. The minimum atomic E-state index is -0.360. The van der Waals surface area contributed by atoms with Crippen LogP contribution in [-0.2, 0) is 17.4 Å². The Kier molecular flexibility index (Phi) is 6.03. The van der Waals surface area contributed by atoms with Gasteiger partial charge in [-0.2, -0.15) is 4.57 Å². The molecule has 3 heterocycles. The lowest BCUT2D eigenvalue weighted by molar-refractivity contribution is -0.760. The summed E-state index contributed by atoms with van der Waals surface area (Å²) in [6.45, 7) is 13.6. The van der Waals surface area contributed by atoms with Crippen LogP contribution >= 0.6 is 0 Å². The molecule has 3 heteroatoms. The lowest BCUT2D eigenvalue weighted by Crippen LogP contribution is -2.77. The molecule has 1 fully saturated rings. The van der Waals surface area contributed by atoms with E-state index in [-0.39, 0.29) is 28.8 Å². The van der Waals surface area contributed by atoms with Crippen LogP contribution in [0.2, 0.25) is 0 Å². The van der Waals surface area contributed by atoms with Crippen LogP contribution in [0.4, 0.5) is 0 Å². The third kappa shape index (κ3) is 3.76. The SMILES string of the molecule is C=CC1=NC2C(C=C)C3(Cc4cc5c(cc4-c4n(-c6cccc7ccccc67)c6cc7ccccc7cc6[n+]43)-c3ccccc3C5(C)C)C2c2ccccc21. The third-order valence-electron chi connectivity index (χ3n) is 13.8. The molecule has 0 bridgehead atoms. The summed E-state index contributed by atoms with van der Waals surface area (Å²) >= 11 is 0. The fraction of sp³-hybridized carbons (Fsp3) is 0.154. The Labute approximate surface area is 321 Å². The van der Waals surface area contributed by atoms with Crippen molar-refractivity contribution in [3.63, 3.8) is 0 Å². The van der Waals surface area contributed by atoms with Gasteiger partial charge in [0.1, 0.15) is 11.2 Å². The molecule has 4 aliphatic rings. The van der Waals surface area contributed by atoms with E-state index in [0.717, 1.165) is 12.1 Å². The van der Waals surface area contributed by atoms with Crippen molar-refractivity contribution in [2.75, 3.05) is 0 Å². The summed E-state index contributed by atoms with van der Waals surface area (Å²) in [6, 6.07) is 52.5. The van der Waals surface area contributed by atoms with E-state index in [9.17, 15) is 0 Å². The molecule has 0 amide bonds. The van der Waals surface area contributed by atoms with Crippen molar-refractivity contribution < 1.29 is 4.57 Å². The Bertz CT molecular complexity index is 3060. The van der Waals surface area contributed by atoms with Gasteiger partial charge >= 0.3 is 0 Å². The highest BCUT2D eigenvalue weighted by atomic mass is 15.3. The number of nitrogens with zero attached hydrogens (tertiary/aromatic N) is 3. The molecule has 1 spiro atoms. The molecule has 4 unspecified atom stereocenters. The van der Waals surface area contributed by atoms with E-state index < -0.39 is 0 Å². The van der Waals surface area contributed by atoms with Crippen molar-refractivity contribution in [3.8, 4) is 28.2 Å². The van der Waals surface area contributed by atoms with E-state index in [1.54, 1.807) is 0 Å². The van der Waals surface area contributed by atoms with Crippen LogP contribution in [0.1, 0.15) is 47.6 Å². The van der Waals surface area contributed by atoms with Crippen molar-refractivity contribution in [2.45, 2.75) is 43.2 Å². The summed E-state index contributed by atoms with van der Waals surface area (Å²) in [5, 5.41) is 4.95. The molecule has 1 aromatic heterocycles. The van der Waals surface area contributed by atoms with Gasteiger partial charge in [0.05, 0.1) is 23.2 Å². The highest BCUT2D eigenvalue weighted by Gasteiger charge is 2.70. The van der Waals surface area contributed by atoms with E-state index in [1.165, 1.54) is 88.6 Å². The van der Waals surface area contributed by atoms with E-state index in [1.807, 2.05) is 6.08 Å². The van der Waals surface area contributed by atoms with Crippen LogP contribution < -0.4 is 4.57 Å². The molecule has 0 N–H and O–H groups in total. The topological polar surface area (TPSA) is 21.2 Å². The summed E-state index contributed by atoms with van der Waals surface area (Å²) in [6.07, 6.45) is 5.04. The first-order valence-electron chi connectivity index (χ1n) is 19.6. The van der Waals surface area contributed by atoms with Crippen LogP contribution in [0.5, 0.6) is 0 Å². The van der Waals surface area contributed by atoms with Gasteiger partial charge in [0.15, 0.2) is 11.0 Å². The lowest BCUT2D eigenvalue weighted by atomic mass is 9.48. The van der Waals surface area contributed by atoms with Gasteiger partial charge in [-0.1, -0.05) is 142 Å². The molecule has 1 saturated carbocycles. The maximum absolute atomic E-state index is 5.49. The minimum absolute atomic E-state index is 0.0637. The fourth-order valence-electron chi connectivity index (χ4n) is 11.5. The summed E-state index contributed by atoms with van der Waals surface area (Å²) in [5.74, 6) is 1.46. The third-order valence-corrected chi connectivity index (χ3v) is 13.8. The second-order valence-corrected chi connectivity index (χ2v) is 16.6. The van der Waals surface area contributed by atoms with Gasteiger partial charge in [-0.05, 0) is 79.9 Å². The monoisotopic (exact) mass is 706 g/mol. The maximum atomic E-state index is 5.49. The molecular weight excluding hydrogens is 667 g/mol. The first kappa shape index (κ1) is 31.1. The lowest BCUT2D eigenvalue weighted by Gasteiger charge is -2.60. The number of fused-ring (bicyclic) bond motifs is 15. The quantitative estimate of drug-likeness (QED) is 0.129. The molecule has 2 aliphatic carbocycles. The van der Waals surface area contributed by atoms with Crippen LogP contribution in [0.15, 0.2) is 170 Å². The molecule has 55 heavy (non-hydrogen) atoms. The van der Waals surface area contributed by atoms with Gasteiger partial charge in [0.25, 0.3) is 5.82 Å². The number of imidazole rings is 1. The van der Waals surface area contributed by atoms with Crippen molar-refractivity contribution in [2.24, 2.45) is 10.9 Å². The minimum Gasteiger partial charge on any atom is -0.280 e. The number of rotatable bonds is 3. The zero-order valence-corrected chi connectivity index (χ0v) is 31.1. The fourth-order valence-corrected chi connectivity index (χ4v) is 11.5. The smallest absolute Gasteiger partial charge is 0.280 e. The molecule has 7 aromatic carbocycles.